The largest absolute Gasteiger partial charge is 0.355 e. The van der Waals surface area contributed by atoms with Gasteiger partial charge in [0.15, 0.2) is 5.78 Å². The van der Waals surface area contributed by atoms with Crippen LogP contribution in [0.3, 0.4) is 0 Å². The first-order valence-electron chi connectivity index (χ1n) is 9.25. The molecule has 0 unspecified atom stereocenters. The molecule has 0 spiro atoms. The third kappa shape index (κ3) is 4.24. The molecule has 0 aliphatic rings. The first-order valence-corrected chi connectivity index (χ1v) is 9.63. The van der Waals surface area contributed by atoms with Gasteiger partial charge in [-0.15, -0.1) is 0 Å². The molecule has 0 saturated carbocycles. The van der Waals surface area contributed by atoms with E-state index in [4.69, 9.17) is 11.6 Å². The van der Waals surface area contributed by atoms with E-state index in [-0.39, 0.29) is 24.2 Å². The fraction of sp³-hybridized carbons (Fsp3) is 0.217. The van der Waals surface area contributed by atoms with E-state index in [1.165, 1.54) is 6.92 Å². The standard InChI is InChI=1S/C23H23ClN2O2/c1-14-21(16(3)27)15(2)26-22(14)20(28)13-25-23(17-7-5-4-6-8-17)18-9-11-19(24)12-10-18/h4-12,23,25-26H,13H2,1-3H3/p+1/t23-/m0/s1. The number of quaternary nitrogens is 1. The van der Waals surface area contributed by atoms with Gasteiger partial charge in [-0.3, -0.25) is 9.59 Å². The van der Waals surface area contributed by atoms with Gasteiger partial charge in [-0.1, -0.05) is 54.1 Å². The van der Waals surface area contributed by atoms with Gasteiger partial charge in [0.05, 0.1) is 5.69 Å². The number of benzene rings is 2. The van der Waals surface area contributed by atoms with E-state index in [9.17, 15) is 9.59 Å². The number of carbonyl (C=O) groups excluding carboxylic acids is 2. The Morgan fingerprint density at radius 3 is 2.18 bits per heavy atom. The molecule has 0 aliphatic heterocycles. The molecular formula is C23H24ClN2O2+. The Bertz CT molecular complexity index is 991. The van der Waals surface area contributed by atoms with Crippen molar-refractivity contribution in [1.82, 2.24) is 4.98 Å². The lowest BCUT2D eigenvalue weighted by molar-refractivity contribution is -0.675. The first-order chi connectivity index (χ1) is 13.4. The summed E-state index contributed by atoms with van der Waals surface area (Å²) in [4.78, 5) is 27.8. The first kappa shape index (κ1) is 20.1. The molecule has 3 rings (SSSR count). The number of hydrogen-bond acceptors (Lipinski definition) is 2. The Labute approximate surface area is 169 Å². The number of Topliss-reactive ketones (excluding diaryl/α,β-unsaturated/α-hetero) is 2. The number of aromatic nitrogens is 1. The Kier molecular flexibility index (Phi) is 6.12. The van der Waals surface area contributed by atoms with Crippen LogP contribution in [-0.2, 0) is 0 Å². The molecule has 0 saturated heterocycles. The number of aryl methyl sites for hydroxylation is 1. The van der Waals surface area contributed by atoms with Crippen molar-refractivity contribution in [2.75, 3.05) is 6.54 Å². The number of nitrogens with one attached hydrogen (secondary N) is 1. The van der Waals surface area contributed by atoms with Crippen molar-refractivity contribution in [1.29, 1.82) is 0 Å². The van der Waals surface area contributed by atoms with E-state index in [2.05, 4.69) is 17.1 Å². The number of ketones is 2. The Hall–Kier alpha value is -2.69. The summed E-state index contributed by atoms with van der Waals surface area (Å²) >= 11 is 6.03. The Balaban J connectivity index is 1.84. The average Bonchev–Trinajstić information content (AvgIpc) is 2.98. The highest BCUT2D eigenvalue weighted by Crippen LogP contribution is 2.21. The second-order valence-corrected chi connectivity index (χ2v) is 7.42. The van der Waals surface area contributed by atoms with Crippen molar-refractivity contribution >= 4 is 23.2 Å². The number of halogens is 1. The van der Waals surface area contributed by atoms with Gasteiger partial charge in [0, 0.05) is 27.4 Å². The molecule has 0 aliphatic carbocycles. The van der Waals surface area contributed by atoms with Crippen molar-refractivity contribution in [3.05, 3.63) is 93.3 Å². The van der Waals surface area contributed by atoms with Crippen LogP contribution in [0.1, 0.15) is 56.2 Å². The maximum Gasteiger partial charge on any atom is 0.233 e. The molecule has 0 radical (unpaired) electrons. The zero-order valence-corrected chi connectivity index (χ0v) is 17.0. The lowest BCUT2D eigenvalue weighted by Gasteiger charge is -2.16. The highest BCUT2D eigenvalue weighted by atomic mass is 35.5. The van der Waals surface area contributed by atoms with Gasteiger partial charge in [0.25, 0.3) is 0 Å². The quantitative estimate of drug-likeness (QED) is 0.593. The van der Waals surface area contributed by atoms with Crippen LogP contribution >= 0.6 is 11.6 Å². The van der Waals surface area contributed by atoms with Crippen molar-refractivity contribution < 1.29 is 14.9 Å². The van der Waals surface area contributed by atoms with Crippen molar-refractivity contribution in [2.24, 2.45) is 0 Å². The molecule has 4 nitrogen and oxygen atoms in total. The van der Waals surface area contributed by atoms with Crippen molar-refractivity contribution in [3.8, 4) is 0 Å². The summed E-state index contributed by atoms with van der Waals surface area (Å²) in [6.07, 6.45) is 0. The highest BCUT2D eigenvalue weighted by Gasteiger charge is 2.23. The predicted molar refractivity (Wildman–Crippen MR) is 111 cm³/mol. The van der Waals surface area contributed by atoms with Gasteiger partial charge >= 0.3 is 0 Å². The summed E-state index contributed by atoms with van der Waals surface area (Å²) in [6.45, 7) is 5.43. The number of aromatic amines is 1. The number of carbonyl (C=O) groups is 2. The third-order valence-electron chi connectivity index (χ3n) is 5.00. The zero-order valence-electron chi connectivity index (χ0n) is 16.3. The average molecular weight is 396 g/mol. The fourth-order valence-corrected chi connectivity index (χ4v) is 3.80. The number of hydrogen-bond donors (Lipinski definition) is 2. The van der Waals surface area contributed by atoms with Crippen LogP contribution in [-0.4, -0.2) is 23.1 Å². The van der Waals surface area contributed by atoms with E-state index in [1.54, 1.807) is 0 Å². The van der Waals surface area contributed by atoms with Gasteiger partial charge in [0.2, 0.25) is 5.78 Å². The topological polar surface area (TPSA) is 66.5 Å². The van der Waals surface area contributed by atoms with Crippen LogP contribution in [0.5, 0.6) is 0 Å². The minimum absolute atomic E-state index is 0.0222. The van der Waals surface area contributed by atoms with Crippen LogP contribution in [0.25, 0.3) is 0 Å². The number of H-pyrrole nitrogens is 1. The molecule has 0 bridgehead atoms. The molecule has 3 aromatic rings. The molecule has 5 heteroatoms. The third-order valence-corrected chi connectivity index (χ3v) is 5.25. The SMILES string of the molecule is CC(=O)c1c(C)[nH]c(C(=O)C[NH2+][C@@H](c2ccccc2)c2ccc(Cl)cc2)c1C. The van der Waals surface area contributed by atoms with Crippen LogP contribution in [0, 0.1) is 13.8 Å². The zero-order chi connectivity index (χ0) is 20.3. The summed E-state index contributed by atoms with van der Waals surface area (Å²) in [5.41, 5.74) is 4.79. The highest BCUT2D eigenvalue weighted by molar-refractivity contribution is 6.30. The van der Waals surface area contributed by atoms with Gasteiger partial charge in [0.1, 0.15) is 12.6 Å². The maximum absolute atomic E-state index is 12.9. The minimum atomic E-state index is -0.0300. The molecule has 1 atom stereocenters. The van der Waals surface area contributed by atoms with E-state index < -0.39 is 0 Å². The summed E-state index contributed by atoms with van der Waals surface area (Å²) < 4.78 is 0. The normalized spacial score (nSPS) is 12.0. The summed E-state index contributed by atoms with van der Waals surface area (Å²) in [7, 11) is 0. The molecule has 1 heterocycles. The molecule has 144 valence electrons. The summed E-state index contributed by atoms with van der Waals surface area (Å²) in [5.74, 6) is -0.0550. The van der Waals surface area contributed by atoms with E-state index in [0.717, 1.165) is 22.4 Å². The summed E-state index contributed by atoms with van der Waals surface area (Å²) in [6, 6.07) is 17.7. The Morgan fingerprint density at radius 1 is 1.00 bits per heavy atom. The molecule has 0 amide bonds. The fourth-order valence-electron chi connectivity index (χ4n) is 3.68. The number of rotatable bonds is 7. The molecular weight excluding hydrogens is 372 g/mol. The molecule has 28 heavy (non-hydrogen) atoms. The lowest BCUT2D eigenvalue weighted by atomic mass is 9.98. The number of nitrogens with two attached hydrogens (primary N) is 1. The molecule has 2 aromatic carbocycles. The lowest BCUT2D eigenvalue weighted by Crippen LogP contribution is -2.87. The van der Waals surface area contributed by atoms with Crippen LogP contribution in [0.15, 0.2) is 54.6 Å². The second kappa shape index (κ2) is 8.55. The molecule has 3 N–H and O–H groups in total. The molecule has 0 fully saturated rings. The van der Waals surface area contributed by atoms with Gasteiger partial charge in [-0.05, 0) is 38.5 Å². The van der Waals surface area contributed by atoms with E-state index in [0.29, 0.717) is 16.3 Å². The second-order valence-electron chi connectivity index (χ2n) is 6.98. The Morgan fingerprint density at radius 2 is 1.61 bits per heavy atom. The minimum Gasteiger partial charge on any atom is -0.355 e. The van der Waals surface area contributed by atoms with Gasteiger partial charge in [-0.25, -0.2) is 0 Å². The monoisotopic (exact) mass is 395 g/mol. The summed E-state index contributed by atoms with van der Waals surface area (Å²) in [5, 5.41) is 2.70. The van der Waals surface area contributed by atoms with Crippen molar-refractivity contribution in [3.63, 3.8) is 0 Å². The van der Waals surface area contributed by atoms with Crippen molar-refractivity contribution in [2.45, 2.75) is 26.8 Å². The molecule has 1 aromatic heterocycles. The predicted octanol–water partition coefficient (Wildman–Crippen LogP) is 4.02. The maximum atomic E-state index is 12.9. The van der Waals surface area contributed by atoms with Gasteiger partial charge in [-0.2, -0.15) is 0 Å². The van der Waals surface area contributed by atoms with E-state index in [1.807, 2.05) is 61.6 Å². The van der Waals surface area contributed by atoms with Crippen LogP contribution < -0.4 is 5.32 Å². The van der Waals surface area contributed by atoms with Crippen LogP contribution in [0.2, 0.25) is 5.02 Å². The van der Waals surface area contributed by atoms with Crippen LogP contribution in [0.4, 0.5) is 0 Å². The van der Waals surface area contributed by atoms with E-state index >= 15 is 0 Å². The smallest absolute Gasteiger partial charge is 0.233 e. The van der Waals surface area contributed by atoms with Gasteiger partial charge < -0.3 is 10.3 Å².